The molecule has 1 saturated heterocycles. The molecule has 1 aromatic carbocycles. The number of piperazine rings is 1. The number of carbonyl (C=O) groups is 1. The summed E-state index contributed by atoms with van der Waals surface area (Å²) in [6, 6.07) is 7.84. The van der Waals surface area contributed by atoms with Crippen molar-refractivity contribution in [2.45, 2.75) is 20.4 Å². The van der Waals surface area contributed by atoms with E-state index in [-0.39, 0.29) is 12.5 Å². The summed E-state index contributed by atoms with van der Waals surface area (Å²) in [6.07, 6.45) is 0. The van der Waals surface area contributed by atoms with Crippen molar-refractivity contribution in [3.63, 3.8) is 0 Å². The lowest BCUT2D eigenvalue weighted by Crippen LogP contribution is -2.49. The first-order chi connectivity index (χ1) is 14.5. The number of carbonyl (C=O) groups excluding carboxylic acids is 1. The molecule has 9 heteroatoms. The molecule has 1 N–H and O–H groups in total. The molecule has 1 aliphatic rings. The van der Waals surface area contributed by atoms with E-state index in [1.807, 2.05) is 55.0 Å². The van der Waals surface area contributed by atoms with Crippen LogP contribution in [0.1, 0.15) is 17.6 Å². The number of halogens is 1. The first-order valence-corrected chi connectivity index (χ1v) is 11.4. The van der Waals surface area contributed by atoms with Gasteiger partial charge in [-0.3, -0.25) is 4.79 Å². The number of benzene rings is 1. The van der Waals surface area contributed by atoms with Crippen LogP contribution in [0.25, 0.3) is 0 Å². The third-order valence-electron chi connectivity index (χ3n) is 4.95. The van der Waals surface area contributed by atoms with Crippen LogP contribution in [-0.4, -0.2) is 73.0 Å². The number of amides is 1. The maximum atomic E-state index is 12.7. The van der Waals surface area contributed by atoms with E-state index >= 15 is 0 Å². The van der Waals surface area contributed by atoms with Gasteiger partial charge in [0.1, 0.15) is 6.54 Å². The lowest BCUT2D eigenvalue weighted by molar-refractivity contribution is -0.129. The zero-order chi connectivity index (χ0) is 21.5. The van der Waals surface area contributed by atoms with Crippen LogP contribution in [0.5, 0.6) is 0 Å². The summed E-state index contributed by atoms with van der Waals surface area (Å²) in [5.41, 5.74) is 2.15. The monoisotopic (exact) mass is 448 g/mol. The molecule has 0 unspecified atom stereocenters. The Labute approximate surface area is 187 Å². The molecule has 2 aromatic rings. The predicted molar refractivity (Wildman–Crippen MR) is 125 cm³/mol. The summed E-state index contributed by atoms with van der Waals surface area (Å²) in [7, 11) is 1.96. The molecule has 0 bridgehead atoms. The fourth-order valence-electron chi connectivity index (χ4n) is 3.38. The Bertz CT molecular complexity index is 861. The van der Waals surface area contributed by atoms with Gasteiger partial charge in [-0.15, -0.1) is 11.3 Å². The average molecular weight is 449 g/mol. The normalized spacial score (nSPS) is 14.7. The molecule has 0 saturated carbocycles. The van der Waals surface area contributed by atoms with Crippen molar-refractivity contribution in [2.24, 2.45) is 4.99 Å². The number of aryl methyl sites for hydroxylation is 1. The van der Waals surface area contributed by atoms with Crippen molar-refractivity contribution in [3.8, 4) is 0 Å². The van der Waals surface area contributed by atoms with E-state index < -0.39 is 0 Å². The van der Waals surface area contributed by atoms with E-state index in [0.29, 0.717) is 19.6 Å². The van der Waals surface area contributed by atoms with Crippen LogP contribution in [0.2, 0.25) is 5.02 Å². The number of thiazole rings is 1. The van der Waals surface area contributed by atoms with Gasteiger partial charge in [0.2, 0.25) is 5.91 Å². The average Bonchev–Trinajstić information content (AvgIpc) is 3.16. The van der Waals surface area contributed by atoms with Gasteiger partial charge in [-0.2, -0.15) is 0 Å². The molecule has 0 spiro atoms. The fourth-order valence-corrected chi connectivity index (χ4v) is 4.11. The Morgan fingerprint density at radius 2 is 1.97 bits per heavy atom. The Kier molecular flexibility index (Phi) is 7.93. The molecule has 1 aliphatic heterocycles. The number of nitrogens with zero attached hydrogens (tertiary/aromatic N) is 5. The highest BCUT2D eigenvalue weighted by Gasteiger charge is 2.21. The highest BCUT2D eigenvalue weighted by Crippen LogP contribution is 2.19. The second kappa shape index (κ2) is 10.6. The third-order valence-corrected chi connectivity index (χ3v) is 6.02. The smallest absolute Gasteiger partial charge is 0.244 e. The molecular formula is C21H29ClN6OS. The molecule has 3 rings (SSSR count). The standard InChI is InChI=1S/C21H29ClN6OS/c1-4-23-21(26(3)14-18-15-30-16(2)25-18)24-13-20(29)28-11-9-27(10-12-28)19-7-5-17(22)6-8-19/h5-8,15H,4,9-14H2,1-3H3,(H,23,24). The highest BCUT2D eigenvalue weighted by molar-refractivity contribution is 7.09. The maximum absolute atomic E-state index is 12.7. The van der Waals surface area contributed by atoms with Gasteiger partial charge in [0, 0.05) is 55.9 Å². The summed E-state index contributed by atoms with van der Waals surface area (Å²) in [6.45, 7) is 8.57. The number of aliphatic imine (C=N–C) groups is 1. The number of guanidine groups is 1. The highest BCUT2D eigenvalue weighted by atomic mass is 35.5. The number of hydrogen-bond acceptors (Lipinski definition) is 5. The molecule has 1 aromatic heterocycles. The van der Waals surface area contributed by atoms with Crippen molar-refractivity contribution in [3.05, 3.63) is 45.4 Å². The largest absolute Gasteiger partial charge is 0.368 e. The van der Waals surface area contributed by atoms with Crippen LogP contribution >= 0.6 is 22.9 Å². The molecule has 30 heavy (non-hydrogen) atoms. The second-order valence-electron chi connectivity index (χ2n) is 7.23. The summed E-state index contributed by atoms with van der Waals surface area (Å²) in [5, 5.41) is 7.10. The molecule has 0 radical (unpaired) electrons. The number of rotatable bonds is 6. The molecule has 0 aliphatic carbocycles. The molecule has 1 fully saturated rings. The van der Waals surface area contributed by atoms with E-state index in [2.05, 4.69) is 25.6 Å². The van der Waals surface area contributed by atoms with Gasteiger partial charge in [0.15, 0.2) is 5.96 Å². The van der Waals surface area contributed by atoms with Gasteiger partial charge < -0.3 is 20.0 Å². The van der Waals surface area contributed by atoms with Crippen molar-refractivity contribution < 1.29 is 4.79 Å². The van der Waals surface area contributed by atoms with Crippen LogP contribution < -0.4 is 10.2 Å². The third kappa shape index (κ3) is 6.09. The topological polar surface area (TPSA) is 64.1 Å². The SMILES string of the molecule is CCNC(=NCC(=O)N1CCN(c2ccc(Cl)cc2)CC1)N(C)Cc1csc(C)n1. The molecule has 0 atom stereocenters. The minimum Gasteiger partial charge on any atom is -0.368 e. The predicted octanol–water partition coefficient (Wildman–Crippen LogP) is 2.85. The second-order valence-corrected chi connectivity index (χ2v) is 8.73. The Morgan fingerprint density at radius 3 is 2.57 bits per heavy atom. The van der Waals surface area contributed by atoms with Crippen molar-refractivity contribution >= 4 is 40.5 Å². The molecule has 7 nitrogen and oxygen atoms in total. The lowest BCUT2D eigenvalue weighted by Gasteiger charge is -2.36. The van der Waals surface area contributed by atoms with E-state index in [4.69, 9.17) is 11.6 Å². The Morgan fingerprint density at radius 1 is 1.27 bits per heavy atom. The van der Waals surface area contributed by atoms with Gasteiger partial charge in [0.25, 0.3) is 0 Å². The van der Waals surface area contributed by atoms with Crippen LogP contribution in [-0.2, 0) is 11.3 Å². The molecule has 162 valence electrons. The van der Waals surface area contributed by atoms with Crippen molar-refractivity contribution in [2.75, 3.05) is 51.2 Å². The fraction of sp³-hybridized carbons (Fsp3) is 0.476. The van der Waals surface area contributed by atoms with E-state index in [9.17, 15) is 4.79 Å². The summed E-state index contributed by atoms with van der Waals surface area (Å²) in [5.74, 6) is 0.773. The lowest BCUT2D eigenvalue weighted by atomic mass is 10.2. The number of anilines is 1. The van der Waals surface area contributed by atoms with E-state index in [1.54, 1.807) is 11.3 Å². The van der Waals surface area contributed by atoms with Gasteiger partial charge in [-0.05, 0) is 38.1 Å². The summed E-state index contributed by atoms with van der Waals surface area (Å²) in [4.78, 5) is 27.9. The number of hydrogen-bond donors (Lipinski definition) is 1. The van der Waals surface area contributed by atoms with Crippen LogP contribution in [0.3, 0.4) is 0 Å². The maximum Gasteiger partial charge on any atom is 0.244 e. The van der Waals surface area contributed by atoms with Gasteiger partial charge >= 0.3 is 0 Å². The number of nitrogens with one attached hydrogen (secondary N) is 1. The first kappa shape index (κ1) is 22.4. The van der Waals surface area contributed by atoms with Crippen molar-refractivity contribution in [1.29, 1.82) is 0 Å². The molecule has 1 amide bonds. The van der Waals surface area contributed by atoms with Crippen molar-refractivity contribution in [1.82, 2.24) is 20.1 Å². The van der Waals surface area contributed by atoms with Crippen LogP contribution in [0.4, 0.5) is 5.69 Å². The Hall–Kier alpha value is -2.32. The summed E-state index contributed by atoms with van der Waals surface area (Å²) >= 11 is 7.61. The van der Waals surface area contributed by atoms with Gasteiger partial charge in [-0.25, -0.2) is 9.98 Å². The molecule has 2 heterocycles. The van der Waals surface area contributed by atoms with Crippen LogP contribution in [0, 0.1) is 6.92 Å². The zero-order valence-electron chi connectivity index (χ0n) is 17.8. The summed E-state index contributed by atoms with van der Waals surface area (Å²) < 4.78 is 0. The van der Waals surface area contributed by atoms with Gasteiger partial charge in [-0.1, -0.05) is 11.6 Å². The minimum atomic E-state index is 0.0547. The molecular weight excluding hydrogens is 420 g/mol. The van der Waals surface area contributed by atoms with E-state index in [0.717, 1.165) is 47.0 Å². The van der Waals surface area contributed by atoms with E-state index in [1.165, 1.54) is 0 Å². The first-order valence-electron chi connectivity index (χ1n) is 10.1. The Balaban J connectivity index is 1.53. The van der Waals surface area contributed by atoms with Crippen LogP contribution in [0.15, 0.2) is 34.6 Å². The van der Waals surface area contributed by atoms with Gasteiger partial charge in [0.05, 0.1) is 17.2 Å². The quantitative estimate of drug-likeness (QED) is 0.543. The minimum absolute atomic E-state index is 0.0547. The zero-order valence-corrected chi connectivity index (χ0v) is 19.3. The number of aromatic nitrogens is 1.